The summed E-state index contributed by atoms with van der Waals surface area (Å²) in [5.41, 5.74) is 12.6. The molecular formula is C51H52N3O4+. The number of carbonyl (C=O) groups is 2. The van der Waals surface area contributed by atoms with Gasteiger partial charge < -0.3 is 19.3 Å². The Morgan fingerprint density at radius 2 is 1.31 bits per heavy atom. The van der Waals surface area contributed by atoms with Crippen LogP contribution in [0.25, 0.3) is 0 Å². The fraction of sp³-hybridized carbons (Fsp3) is 0.235. The van der Waals surface area contributed by atoms with Crippen LogP contribution >= 0.6 is 0 Å². The summed E-state index contributed by atoms with van der Waals surface area (Å²) in [7, 11) is 4.19. The maximum Gasteiger partial charge on any atom is 0.338 e. The van der Waals surface area contributed by atoms with Crippen LogP contribution in [0, 0.1) is 0 Å². The topological polar surface area (TPSA) is 62.1 Å². The van der Waals surface area contributed by atoms with Gasteiger partial charge in [0.15, 0.2) is 5.71 Å². The molecule has 2 heterocycles. The highest BCUT2D eigenvalue weighted by atomic mass is 16.5. The first kappa shape index (κ1) is 39.8. The Balaban J connectivity index is 1.31. The molecular weight excluding hydrogens is 719 g/mol. The van der Waals surface area contributed by atoms with Crippen molar-refractivity contribution in [3.63, 3.8) is 0 Å². The van der Waals surface area contributed by atoms with Crippen LogP contribution in [0.5, 0.6) is 0 Å². The quantitative estimate of drug-likeness (QED) is 0.0812. The Morgan fingerprint density at radius 3 is 1.90 bits per heavy atom. The van der Waals surface area contributed by atoms with E-state index in [0.717, 1.165) is 63.8 Å². The number of hydrogen-bond donors (Lipinski definition) is 0. The molecule has 7 nitrogen and oxygen atoms in total. The van der Waals surface area contributed by atoms with Crippen molar-refractivity contribution in [3.05, 3.63) is 191 Å². The lowest BCUT2D eigenvalue weighted by Gasteiger charge is -2.29. The van der Waals surface area contributed by atoms with Gasteiger partial charge >= 0.3 is 11.9 Å². The second-order valence-corrected chi connectivity index (χ2v) is 15.9. The zero-order valence-corrected chi connectivity index (χ0v) is 34.4. The Labute approximate surface area is 342 Å². The average Bonchev–Trinajstić information content (AvgIpc) is 3.78. The monoisotopic (exact) mass is 770 g/mol. The third-order valence-corrected chi connectivity index (χ3v) is 11.6. The minimum absolute atomic E-state index is 0.172. The van der Waals surface area contributed by atoms with Crippen molar-refractivity contribution >= 4 is 40.4 Å². The third kappa shape index (κ3) is 7.29. The van der Waals surface area contributed by atoms with E-state index in [4.69, 9.17) is 9.47 Å². The summed E-state index contributed by atoms with van der Waals surface area (Å²) in [5, 5.41) is 0. The Hall–Kier alpha value is -6.47. The van der Waals surface area contributed by atoms with E-state index in [1.165, 1.54) is 11.1 Å². The number of carbonyl (C=O) groups excluding carboxylic acids is 2. The molecule has 4 aromatic carbocycles. The normalized spacial score (nSPS) is 17.9. The summed E-state index contributed by atoms with van der Waals surface area (Å²) in [5.74, 6) is -0.710. The first-order valence-electron chi connectivity index (χ1n) is 19.8. The van der Waals surface area contributed by atoms with Gasteiger partial charge in [0.2, 0.25) is 5.69 Å². The predicted molar refractivity (Wildman–Crippen MR) is 236 cm³/mol. The Morgan fingerprint density at radius 1 is 0.741 bits per heavy atom. The van der Waals surface area contributed by atoms with Gasteiger partial charge in [0.05, 0.1) is 22.2 Å². The molecule has 0 spiro atoms. The Bertz CT molecular complexity index is 2410. The van der Waals surface area contributed by atoms with Crippen LogP contribution in [-0.4, -0.2) is 49.5 Å². The third-order valence-electron chi connectivity index (χ3n) is 11.6. The molecule has 0 atom stereocenters. The van der Waals surface area contributed by atoms with Crippen molar-refractivity contribution in [2.24, 2.45) is 0 Å². The molecule has 0 bridgehead atoms. The van der Waals surface area contributed by atoms with Gasteiger partial charge in [-0.15, -0.1) is 0 Å². The number of nitrogens with zero attached hydrogens (tertiary/aromatic N) is 3. The van der Waals surface area contributed by atoms with Crippen LogP contribution in [0.2, 0.25) is 0 Å². The largest absolute Gasteiger partial charge is 0.458 e. The van der Waals surface area contributed by atoms with Gasteiger partial charge in [0.25, 0.3) is 0 Å². The minimum atomic E-state index is -0.369. The van der Waals surface area contributed by atoms with Crippen molar-refractivity contribution in [2.45, 2.75) is 51.4 Å². The fourth-order valence-electron chi connectivity index (χ4n) is 8.61. The van der Waals surface area contributed by atoms with E-state index < -0.39 is 0 Å². The van der Waals surface area contributed by atoms with Crippen molar-refractivity contribution in [1.29, 1.82) is 0 Å². The van der Waals surface area contributed by atoms with Crippen molar-refractivity contribution < 1.29 is 23.6 Å². The molecule has 0 fully saturated rings. The SMILES string of the molecule is C=CCOC(=O)c1ccc2c(c1)C(C)(C)C(/C=C/C1=C(N(c3ccccc3)c3ccccc3)C(=C/C=C3/N(C)c4ccc(C(=O)OCC=C)cc4C3(C)C)/CC1)=[N+]2C. The van der Waals surface area contributed by atoms with Gasteiger partial charge in [0.1, 0.15) is 20.3 Å². The number of likely N-dealkylation sites (N-methyl/N-ethyl adjacent to an activating group) is 1. The van der Waals surface area contributed by atoms with E-state index in [2.05, 4.69) is 154 Å². The highest BCUT2D eigenvalue weighted by molar-refractivity contribution is 6.04. The lowest BCUT2D eigenvalue weighted by atomic mass is 9.80. The standard InChI is InChI=1S/C51H52N3O4/c1-9-31-57-48(55)37-23-27-43-41(33-37)50(3,4)45(52(43)7)29-25-35-21-22-36(47(35)54(39-17-13-11-14-18-39)40-19-15-12-16-20-40)26-30-46-51(5,6)42-34-38(49(56)58-32-10-2)24-28-44(42)53(46)8/h9-20,23-30,33-34H,1-2,21-22,31-32H2,3-8H3/q+1. The summed E-state index contributed by atoms with van der Waals surface area (Å²) < 4.78 is 13.0. The van der Waals surface area contributed by atoms with E-state index in [-0.39, 0.29) is 36.0 Å². The highest BCUT2D eigenvalue weighted by Gasteiger charge is 2.44. The zero-order chi connectivity index (χ0) is 41.2. The van der Waals surface area contributed by atoms with E-state index in [1.54, 1.807) is 12.2 Å². The van der Waals surface area contributed by atoms with Gasteiger partial charge in [-0.2, -0.15) is 4.58 Å². The van der Waals surface area contributed by atoms with Crippen LogP contribution in [0.3, 0.4) is 0 Å². The molecule has 4 aromatic rings. The number of hydrogen-bond acceptors (Lipinski definition) is 6. The van der Waals surface area contributed by atoms with Gasteiger partial charge in [-0.3, -0.25) is 0 Å². The smallest absolute Gasteiger partial charge is 0.338 e. The van der Waals surface area contributed by atoms with Crippen LogP contribution in [0.1, 0.15) is 72.4 Å². The van der Waals surface area contributed by atoms with Gasteiger partial charge in [0, 0.05) is 52.9 Å². The first-order chi connectivity index (χ1) is 27.9. The number of fused-ring (bicyclic) bond motifs is 2. The van der Waals surface area contributed by atoms with E-state index in [1.807, 2.05) is 36.4 Å². The molecule has 1 aliphatic carbocycles. The lowest BCUT2D eigenvalue weighted by Crippen LogP contribution is -2.27. The molecule has 0 N–H and O–H groups in total. The number of anilines is 3. The van der Waals surface area contributed by atoms with Gasteiger partial charge in [-0.05, 0) is 104 Å². The summed E-state index contributed by atoms with van der Waals surface area (Å²) in [6.07, 6.45) is 14.0. The second kappa shape index (κ2) is 16.2. The van der Waals surface area contributed by atoms with Gasteiger partial charge in [-0.1, -0.05) is 87.7 Å². The molecule has 7 heteroatoms. The van der Waals surface area contributed by atoms with Crippen molar-refractivity contribution in [3.8, 4) is 0 Å². The molecule has 0 saturated heterocycles. The first-order valence-corrected chi connectivity index (χ1v) is 19.8. The number of ether oxygens (including phenoxy) is 2. The van der Waals surface area contributed by atoms with Crippen LogP contribution < -0.4 is 9.80 Å². The lowest BCUT2D eigenvalue weighted by molar-refractivity contribution is -0.401. The maximum atomic E-state index is 12.8. The van der Waals surface area contributed by atoms with Crippen molar-refractivity contribution in [2.75, 3.05) is 37.1 Å². The molecule has 294 valence electrons. The number of rotatable bonds is 12. The maximum absolute atomic E-state index is 12.8. The number of allylic oxidation sites excluding steroid dienone is 7. The van der Waals surface area contributed by atoms with E-state index in [9.17, 15) is 9.59 Å². The zero-order valence-electron chi connectivity index (χ0n) is 34.4. The number of para-hydroxylation sites is 2. The molecule has 3 aliphatic rings. The van der Waals surface area contributed by atoms with E-state index in [0.29, 0.717) is 11.1 Å². The van der Waals surface area contributed by atoms with E-state index >= 15 is 0 Å². The van der Waals surface area contributed by atoms with Crippen LogP contribution in [0.15, 0.2) is 169 Å². The molecule has 0 radical (unpaired) electrons. The summed E-state index contributed by atoms with van der Waals surface area (Å²) in [6, 6.07) is 32.7. The highest BCUT2D eigenvalue weighted by Crippen LogP contribution is 2.48. The molecule has 0 aromatic heterocycles. The van der Waals surface area contributed by atoms with Crippen LogP contribution in [-0.2, 0) is 20.3 Å². The summed E-state index contributed by atoms with van der Waals surface area (Å²) in [6.45, 7) is 16.5. The molecule has 0 unspecified atom stereocenters. The molecule has 0 saturated carbocycles. The second-order valence-electron chi connectivity index (χ2n) is 15.9. The number of esters is 2. The van der Waals surface area contributed by atoms with Gasteiger partial charge in [-0.25, -0.2) is 9.59 Å². The minimum Gasteiger partial charge on any atom is -0.458 e. The Kier molecular flexibility index (Phi) is 11.1. The predicted octanol–water partition coefficient (Wildman–Crippen LogP) is 11.1. The molecule has 7 rings (SSSR count). The molecule has 2 aliphatic heterocycles. The summed E-state index contributed by atoms with van der Waals surface area (Å²) >= 11 is 0. The summed E-state index contributed by atoms with van der Waals surface area (Å²) in [4.78, 5) is 30.2. The average molecular weight is 771 g/mol. The fourth-order valence-corrected chi connectivity index (χ4v) is 8.61. The molecule has 0 amide bonds. The van der Waals surface area contributed by atoms with Crippen molar-refractivity contribution in [1.82, 2.24) is 0 Å². The number of benzene rings is 4. The molecule has 58 heavy (non-hydrogen) atoms. The van der Waals surface area contributed by atoms with Crippen LogP contribution in [0.4, 0.5) is 22.7 Å².